The molecule has 4 rings (SSSR count). The minimum Gasteiger partial charge on any atom is -0.508 e. The van der Waals surface area contributed by atoms with Crippen LogP contribution in [0.1, 0.15) is 11.1 Å². The predicted octanol–water partition coefficient (Wildman–Crippen LogP) is -1.02. The van der Waals surface area contributed by atoms with Gasteiger partial charge in [-0.25, -0.2) is 9.59 Å². The number of hydrogen-bond acceptors (Lipinski definition) is 16. The van der Waals surface area contributed by atoms with Crippen LogP contribution in [0.15, 0.2) is 60.4 Å². The van der Waals surface area contributed by atoms with E-state index in [1.165, 1.54) is 68.8 Å². The normalized spacial score (nSPS) is 29.8. The fourth-order valence-corrected chi connectivity index (χ4v) is 4.92. The number of ether oxygens (including phenoxy) is 6. The molecule has 0 radical (unpaired) electrons. The van der Waals surface area contributed by atoms with E-state index >= 15 is 0 Å². The van der Waals surface area contributed by atoms with Crippen LogP contribution in [0.2, 0.25) is 0 Å². The van der Waals surface area contributed by atoms with Crippen molar-refractivity contribution in [3.05, 3.63) is 71.5 Å². The van der Waals surface area contributed by atoms with E-state index in [-0.39, 0.29) is 23.0 Å². The maximum atomic E-state index is 12.5. The zero-order valence-electron chi connectivity index (χ0n) is 26.8. The quantitative estimate of drug-likeness (QED) is 0.0680. The number of aliphatic carboxylic acids is 2. The standard InChI is InChI=1S/C33H36O18/c1-46-20-11-14(5-9-18(20)48-32-26(40)22(36)24(38)28(50-32)30(42)43)3-7-16(34)13-17(35)8-4-15-6-10-19(21(12-15)47-2)49-33-27(41)23(37)25(39)29(51-33)31(44)45/h3-13,22-29,32-34,36-41H,1-2H3,(H,42,43)(H,44,45)/b7-3+,8-4+,16-13-/t22-,23-,24-,25-,26+,27+,28-,29-,32+,33+/m0/s1. The summed E-state index contributed by atoms with van der Waals surface area (Å²) in [5, 5.41) is 88.9. The molecule has 2 aliphatic rings. The minimum atomic E-state index is -1.89. The maximum absolute atomic E-state index is 12.5. The summed E-state index contributed by atoms with van der Waals surface area (Å²) < 4.78 is 31.8. The van der Waals surface area contributed by atoms with Gasteiger partial charge in [0.25, 0.3) is 0 Å². The smallest absolute Gasteiger partial charge is 0.335 e. The van der Waals surface area contributed by atoms with Gasteiger partial charge in [-0.1, -0.05) is 24.3 Å². The first-order valence-corrected chi connectivity index (χ1v) is 15.0. The third-order valence-corrected chi connectivity index (χ3v) is 7.66. The molecule has 18 nitrogen and oxygen atoms in total. The van der Waals surface area contributed by atoms with Crippen molar-refractivity contribution < 1.29 is 88.8 Å². The zero-order valence-corrected chi connectivity index (χ0v) is 26.8. The third-order valence-electron chi connectivity index (χ3n) is 7.66. The molecule has 0 spiro atoms. The van der Waals surface area contributed by atoms with Crippen LogP contribution in [0.25, 0.3) is 12.2 Å². The highest BCUT2D eigenvalue weighted by Gasteiger charge is 2.49. The Hall–Kier alpha value is -5.05. The average Bonchev–Trinajstić information content (AvgIpc) is 3.10. The summed E-state index contributed by atoms with van der Waals surface area (Å²) in [6.45, 7) is 0. The Kier molecular flexibility index (Phi) is 12.7. The van der Waals surface area contributed by atoms with Crippen LogP contribution >= 0.6 is 0 Å². The number of methoxy groups -OCH3 is 2. The molecule has 2 saturated heterocycles. The molecule has 2 aliphatic heterocycles. The fraction of sp³-hybridized carbons (Fsp3) is 0.364. The van der Waals surface area contributed by atoms with Gasteiger partial charge in [0.15, 0.2) is 41.0 Å². The largest absolute Gasteiger partial charge is 0.508 e. The van der Waals surface area contributed by atoms with E-state index in [0.29, 0.717) is 11.1 Å². The molecule has 276 valence electrons. The first-order chi connectivity index (χ1) is 24.1. The van der Waals surface area contributed by atoms with Crippen LogP contribution in [0.5, 0.6) is 23.0 Å². The molecule has 51 heavy (non-hydrogen) atoms. The number of benzene rings is 2. The molecule has 0 amide bonds. The SMILES string of the molecule is COc1cc(/C=C/C(=O)/C=C(O)/C=C/c2ccc(O[C@@H]3O[C@H](C(=O)O)[C@@H](O)[C@H](O)[C@H]3O)c(OC)c2)ccc1O[C@@H]1O[C@H](C(=O)O)[C@@H](O)[C@H](O)[C@H]1O. The summed E-state index contributed by atoms with van der Waals surface area (Å²) >= 11 is 0. The number of carboxylic acids is 2. The summed E-state index contributed by atoms with van der Waals surface area (Å²) in [7, 11) is 2.60. The Balaban J connectivity index is 1.39. The molecule has 0 aromatic heterocycles. The number of rotatable bonds is 13. The van der Waals surface area contributed by atoms with Gasteiger partial charge < -0.3 is 74.4 Å². The number of carboxylic acid groups (broad SMARTS) is 2. The number of aliphatic hydroxyl groups is 7. The monoisotopic (exact) mass is 720 g/mol. The average molecular weight is 721 g/mol. The summed E-state index contributed by atoms with van der Waals surface area (Å²) in [5.41, 5.74) is 0.889. The number of aliphatic hydroxyl groups excluding tert-OH is 7. The van der Waals surface area contributed by atoms with Crippen molar-refractivity contribution in [3.63, 3.8) is 0 Å². The van der Waals surface area contributed by atoms with Crippen LogP contribution < -0.4 is 18.9 Å². The lowest BCUT2D eigenvalue weighted by molar-refractivity contribution is -0.271. The summed E-state index contributed by atoms with van der Waals surface area (Å²) in [4.78, 5) is 35.2. The summed E-state index contributed by atoms with van der Waals surface area (Å²) in [5.74, 6) is -4.02. The Morgan fingerprint density at radius 2 is 1.00 bits per heavy atom. The Morgan fingerprint density at radius 3 is 1.39 bits per heavy atom. The van der Waals surface area contributed by atoms with Crippen molar-refractivity contribution in [2.75, 3.05) is 14.2 Å². The maximum Gasteiger partial charge on any atom is 0.335 e. The van der Waals surface area contributed by atoms with Gasteiger partial charge in [-0.15, -0.1) is 0 Å². The van der Waals surface area contributed by atoms with Crippen molar-refractivity contribution in [3.8, 4) is 23.0 Å². The van der Waals surface area contributed by atoms with Gasteiger partial charge in [-0.05, 0) is 47.5 Å². The lowest BCUT2D eigenvalue weighted by Gasteiger charge is -2.38. The zero-order chi connectivity index (χ0) is 37.6. The predicted molar refractivity (Wildman–Crippen MR) is 170 cm³/mol. The molecule has 0 bridgehead atoms. The van der Waals surface area contributed by atoms with Gasteiger partial charge in [-0.2, -0.15) is 0 Å². The number of ketones is 1. The van der Waals surface area contributed by atoms with Gasteiger partial charge in [0.2, 0.25) is 12.6 Å². The van der Waals surface area contributed by atoms with E-state index in [1.807, 2.05) is 0 Å². The van der Waals surface area contributed by atoms with E-state index in [0.717, 1.165) is 12.2 Å². The van der Waals surface area contributed by atoms with Gasteiger partial charge in [0, 0.05) is 6.08 Å². The molecule has 0 saturated carbocycles. The Morgan fingerprint density at radius 1 is 0.588 bits per heavy atom. The van der Waals surface area contributed by atoms with E-state index in [9.17, 15) is 60.3 Å². The molecule has 2 aromatic rings. The highest BCUT2D eigenvalue weighted by molar-refractivity contribution is 6.02. The topological polar surface area (TPSA) is 289 Å². The first kappa shape index (κ1) is 38.7. The number of carbonyl (C=O) groups is 3. The Bertz CT molecular complexity index is 1670. The van der Waals surface area contributed by atoms with Gasteiger partial charge in [0.05, 0.1) is 14.2 Å². The lowest BCUT2D eigenvalue weighted by atomic mass is 9.99. The number of carbonyl (C=O) groups excluding carboxylic acids is 1. The van der Waals surface area contributed by atoms with Crippen molar-refractivity contribution in [2.24, 2.45) is 0 Å². The van der Waals surface area contributed by atoms with Gasteiger partial charge in [-0.3, -0.25) is 4.79 Å². The summed E-state index contributed by atoms with van der Waals surface area (Å²) in [6, 6.07) is 8.63. The van der Waals surface area contributed by atoms with Crippen molar-refractivity contribution in [1.82, 2.24) is 0 Å². The minimum absolute atomic E-state index is 0.00638. The van der Waals surface area contributed by atoms with Crippen molar-refractivity contribution in [1.29, 1.82) is 0 Å². The number of hydrogen-bond donors (Lipinski definition) is 9. The molecule has 2 aromatic carbocycles. The van der Waals surface area contributed by atoms with Crippen LogP contribution in [-0.4, -0.2) is 139 Å². The van der Waals surface area contributed by atoms with E-state index in [4.69, 9.17) is 28.4 Å². The molecule has 9 N–H and O–H groups in total. The second kappa shape index (κ2) is 16.8. The second-order valence-corrected chi connectivity index (χ2v) is 11.2. The van der Waals surface area contributed by atoms with Crippen LogP contribution in [0.4, 0.5) is 0 Å². The van der Waals surface area contributed by atoms with E-state index < -0.39 is 84.9 Å². The second-order valence-electron chi connectivity index (χ2n) is 11.2. The van der Waals surface area contributed by atoms with Gasteiger partial charge >= 0.3 is 11.9 Å². The van der Waals surface area contributed by atoms with Crippen LogP contribution in [0, 0.1) is 0 Å². The van der Waals surface area contributed by atoms with E-state index in [2.05, 4.69) is 0 Å². The molecular weight excluding hydrogens is 684 g/mol. The molecule has 10 atom stereocenters. The highest BCUT2D eigenvalue weighted by Crippen LogP contribution is 2.34. The molecule has 0 aliphatic carbocycles. The fourth-order valence-electron chi connectivity index (χ4n) is 4.92. The number of allylic oxidation sites excluding steroid dienone is 3. The first-order valence-electron chi connectivity index (χ1n) is 15.0. The lowest BCUT2D eigenvalue weighted by Crippen LogP contribution is -2.61. The Labute approximate surface area is 288 Å². The van der Waals surface area contributed by atoms with Gasteiger partial charge in [0.1, 0.15) is 42.4 Å². The highest BCUT2D eigenvalue weighted by atomic mass is 16.7. The molecular formula is C33H36O18. The molecule has 2 heterocycles. The molecule has 2 fully saturated rings. The van der Waals surface area contributed by atoms with Crippen LogP contribution in [0.3, 0.4) is 0 Å². The molecule has 18 heteroatoms. The van der Waals surface area contributed by atoms with E-state index in [1.54, 1.807) is 0 Å². The molecule has 0 unspecified atom stereocenters. The third kappa shape index (κ3) is 9.20. The van der Waals surface area contributed by atoms with Crippen molar-refractivity contribution in [2.45, 2.75) is 61.4 Å². The van der Waals surface area contributed by atoms with Crippen molar-refractivity contribution >= 4 is 29.9 Å². The van der Waals surface area contributed by atoms with Crippen LogP contribution in [-0.2, 0) is 23.9 Å². The summed E-state index contributed by atoms with van der Waals surface area (Å²) in [6.07, 6.45) is -12.0.